The number of unbranched alkanes of at least 4 members (excludes halogenated alkanes) is 2. The molecule has 0 aliphatic rings. The van der Waals surface area contributed by atoms with Crippen LogP contribution in [-0.4, -0.2) is 50.1 Å². The Morgan fingerprint density at radius 2 is 1.26 bits per heavy atom. The van der Waals surface area contributed by atoms with E-state index in [1.165, 1.54) is 18.2 Å². The normalized spacial score (nSPS) is 11.8. The van der Waals surface area contributed by atoms with Crippen LogP contribution in [0.1, 0.15) is 32.6 Å². The topological polar surface area (TPSA) is 91.5 Å². The molecule has 0 aromatic heterocycles. The lowest BCUT2D eigenvalue weighted by Crippen LogP contribution is -2.20. The molecule has 106 valence electrons. The highest BCUT2D eigenvalue weighted by Gasteiger charge is 2.27. The summed E-state index contributed by atoms with van der Waals surface area (Å²) in [6, 6.07) is 0. The van der Waals surface area contributed by atoms with Gasteiger partial charge >= 0.3 is 0 Å². The molecule has 0 aromatic rings. The quantitative estimate of drug-likeness (QED) is 0.396. The first kappa shape index (κ1) is 19.4. The van der Waals surface area contributed by atoms with Crippen molar-refractivity contribution >= 4 is 18.2 Å². The Hall–Kier alpha value is -1.90. The predicted molar refractivity (Wildman–Crippen MR) is 70.8 cm³/mol. The molecule has 19 heavy (non-hydrogen) atoms. The Labute approximate surface area is 113 Å². The molecule has 0 rings (SSSR count). The highest BCUT2D eigenvalue weighted by Crippen LogP contribution is 2.21. The van der Waals surface area contributed by atoms with Gasteiger partial charge in [0.15, 0.2) is 0 Å². The van der Waals surface area contributed by atoms with Crippen LogP contribution in [0.15, 0.2) is 15.0 Å². The van der Waals surface area contributed by atoms with Crippen molar-refractivity contribution in [1.29, 1.82) is 0 Å². The van der Waals surface area contributed by atoms with Crippen LogP contribution in [0, 0.1) is 0 Å². The maximum Gasteiger partial charge on any atom is 0.277 e. The molecule has 0 saturated carbocycles. The highest BCUT2D eigenvalue weighted by molar-refractivity contribution is 5.42. The van der Waals surface area contributed by atoms with Crippen LogP contribution in [0.2, 0.25) is 0 Å². The molecule has 0 saturated heterocycles. The van der Waals surface area contributed by atoms with E-state index in [0.717, 1.165) is 12.8 Å². The zero-order chi connectivity index (χ0) is 15.1. The van der Waals surface area contributed by atoms with Gasteiger partial charge in [0, 0.05) is 6.42 Å². The maximum atomic E-state index is 10.1. The van der Waals surface area contributed by atoms with Gasteiger partial charge in [-0.1, -0.05) is 19.8 Å². The second-order valence-electron chi connectivity index (χ2n) is 4.18. The first-order valence-corrected chi connectivity index (χ1v) is 5.86. The van der Waals surface area contributed by atoms with E-state index in [4.69, 9.17) is 0 Å². The van der Waals surface area contributed by atoms with Crippen molar-refractivity contribution in [3.05, 3.63) is 0 Å². The molecule has 7 nitrogen and oxygen atoms in total. The highest BCUT2D eigenvalue weighted by atomic mass is 16.1. The lowest BCUT2D eigenvalue weighted by Gasteiger charge is -2.13. The lowest BCUT2D eigenvalue weighted by molar-refractivity contribution is 0.402. The Morgan fingerprint density at radius 1 is 0.895 bits per heavy atom. The van der Waals surface area contributed by atoms with Gasteiger partial charge in [-0.25, -0.2) is 14.4 Å². The third kappa shape index (κ3) is 12.3. The van der Waals surface area contributed by atoms with E-state index < -0.39 is 5.79 Å². The van der Waals surface area contributed by atoms with Gasteiger partial charge in [-0.15, -0.1) is 0 Å². The van der Waals surface area contributed by atoms with Gasteiger partial charge in [-0.05, 0) is 27.6 Å². The molecule has 0 fully saturated rings. The van der Waals surface area contributed by atoms with Gasteiger partial charge < -0.3 is 4.90 Å². The van der Waals surface area contributed by atoms with E-state index in [1.54, 1.807) is 0 Å². The first-order valence-electron chi connectivity index (χ1n) is 5.86. The Kier molecular flexibility index (Phi) is 12.8. The SMILES string of the molecule is CCCCCC(N=C=O)(N=C=O)N=C=O.CN(C)C. The van der Waals surface area contributed by atoms with Crippen LogP contribution in [0.25, 0.3) is 0 Å². The number of nitrogens with zero attached hydrogens (tertiary/aromatic N) is 4. The van der Waals surface area contributed by atoms with E-state index in [0.29, 0.717) is 6.42 Å². The smallest absolute Gasteiger partial charge is 0.277 e. The number of carbonyl (C=O) groups excluding carboxylic acids is 3. The van der Waals surface area contributed by atoms with E-state index in [9.17, 15) is 14.4 Å². The Balaban J connectivity index is 0. The van der Waals surface area contributed by atoms with Gasteiger partial charge in [0.2, 0.25) is 18.2 Å². The number of hydrogen-bond donors (Lipinski definition) is 0. The molecule has 7 heteroatoms. The fraction of sp³-hybridized carbons (Fsp3) is 0.750. The third-order valence-electron chi connectivity index (χ3n) is 1.79. The van der Waals surface area contributed by atoms with Crippen LogP contribution in [0.4, 0.5) is 0 Å². The monoisotopic (exact) mass is 268 g/mol. The fourth-order valence-electron chi connectivity index (χ4n) is 1.07. The van der Waals surface area contributed by atoms with Gasteiger partial charge in [-0.3, -0.25) is 0 Å². The summed E-state index contributed by atoms with van der Waals surface area (Å²) in [5.41, 5.74) is 0. The van der Waals surface area contributed by atoms with Crippen LogP contribution >= 0.6 is 0 Å². The molecule has 0 unspecified atom stereocenters. The second kappa shape index (κ2) is 12.6. The third-order valence-corrected chi connectivity index (χ3v) is 1.79. The first-order chi connectivity index (χ1) is 8.97. The summed E-state index contributed by atoms with van der Waals surface area (Å²) in [5.74, 6) is -1.69. The van der Waals surface area contributed by atoms with Gasteiger partial charge in [0.05, 0.1) is 0 Å². The number of isocyanates is 3. The van der Waals surface area contributed by atoms with Crippen molar-refractivity contribution in [2.45, 2.75) is 38.4 Å². The minimum atomic E-state index is -1.69. The molecule has 0 bridgehead atoms. The second-order valence-corrected chi connectivity index (χ2v) is 4.18. The lowest BCUT2D eigenvalue weighted by atomic mass is 10.1. The fourth-order valence-corrected chi connectivity index (χ4v) is 1.07. The van der Waals surface area contributed by atoms with Gasteiger partial charge in [0.1, 0.15) is 0 Å². The maximum absolute atomic E-state index is 10.1. The van der Waals surface area contributed by atoms with E-state index in [1.807, 2.05) is 33.0 Å². The average molecular weight is 268 g/mol. The zero-order valence-electron chi connectivity index (χ0n) is 11.8. The van der Waals surface area contributed by atoms with E-state index in [-0.39, 0.29) is 6.42 Å². The number of rotatable bonds is 7. The van der Waals surface area contributed by atoms with Crippen LogP contribution < -0.4 is 0 Å². The molecule has 0 aliphatic heterocycles. The molecule has 0 N–H and O–H groups in total. The number of aliphatic imine (C=N–C) groups is 3. The standard InChI is InChI=1S/C9H11N3O3.C3H9N/c1-2-3-4-5-9(10-6-13,11-7-14)12-8-15;1-4(2)3/h2-5H2,1H3;1-3H3. The minimum Gasteiger partial charge on any atom is -0.312 e. The molecule has 0 aliphatic carbocycles. The van der Waals surface area contributed by atoms with Gasteiger partial charge in [0.25, 0.3) is 5.79 Å². The molecule has 0 radical (unpaired) electrons. The molecule has 0 heterocycles. The summed E-state index contributed by atoms with van der Waals surface area (Å²) < 4.78 is 0. The van der Waals surface area contributed by atoms with Crippen LogP contribution in [0.5, 0.6) is 0 Å². The zero-order valence-corrected chi connectivity index (χ0v) is 11.8. The minimum absolute atomic E-state index is 0.195. The van der Waals surface area contributed by atoms with Gasteiger partial charge in [-0.2, -0.15) is 15.0 Å². The molecule has 0 atom stereocenters. The summed E-state index contributed by atoms with van der Waals surface area (Å²) in [4.78, 5) is 42.1. The molecule has 0 aromatic carbocycles. The summed E-state index contributed by atoms with van der Waals surface area (Å²) in [7, 11) is 6.00. The molecule has 0 amide bonds. The molecular weight excluding hydrogens is 248 g/mol. The Morgan fingerprint density at radius 3 is 1.53 bits per heavy atom. The molecular formula is C12H20N4O3. The predicted octanol–water partition coefficient (Wildman–Crippen LogP) is 1.41. The average Bonchev–Trinajstić information content (AvgIpc) is 2.29. The summed E-state index contributed by atoms with van der Waals surface area (Å²) in [6.07, 6.45) is 6.34. The number of hydrogen-bond acceptors (Lipinski definition) is 7. The van der Waals surface area contributed by atoms with Crippen molar-refractivity contribution in [2.75, 3.05) is 21.1 Å². The van der Waals surface area contributed by atoms with Crippen molar-refractivity contribution in [2.24, 2.45) is 15.0 Å². The molecule has 0 spiro atoms. The van der Waals surface area contributed by atoms with E-state index in [2.05, 4.69) is 15.0 Å². The van der Waals surface area contributed by atoms with Crippen molar-refractivity contribution in [3.63, 3.8) is 0 Å². The van der Waals surface area contributed by atoms with Crippen LogP contribution in [-0.2, 0) is 14.4 Å². The summed E-state index contributed by atoms with van der Waals surface area (Å²) >= 11 is 0. The Bertz CT molecular complexity index is 328. The van der Waals surface area contributed by atoms with Crippen molar-refractivity contribution < 1.29 is 14.4 Å². The summed E-state index contributed by atoms with van der Waals surface area (Å²) in [6.45, 7) is 1.98. The van der Waals surface area contributed by atoms with Crippen molar-refractivity contribution in [1.82, 2.24) is 4.90 Å². The van der Waals surface area contributed by atoms with Crippen LogP contribution in [0.3, 0.4) is 0 Å². The van der Waals surface area contributed by atoms with E-state index >= 15 is 0 Å². The largest absolute Gasteiger partial charge is 0.312 e. The van der Waals surface area contributed by atoms with Crippen molar-refractivity contribution in [3.8, 4) is 0 Å². The summed E-state index contributed by atoms with van der Waals surface area (Å²) in [5, 5.41) is 0.